The number of para-hydroxylation sites is 1. The fourth-order valence-electron chi connectivity index (χ4n) is 3.22. The minimum Gasteiger partial charge on any atom is -0.381 e. The highest BCUT2D eigenvalue weighted by atomic mass is 19.1. The van der Waals surface area contributed by atoms with E-state index in [0.717, 1.165) is 26.2 Å². The maximum atomic E-state index is 13.5. The van der Waals surface area contributed by atoms with E-state index in [4.69, 9.17) is 4.74 Å². The predicted molar refractivity (Wildman–Crippen MR) is 73.8 cm³/mol. The maximum Gasteiger partial charge on any atom is 0.146 e. The summed E-state index contributed by atoms with van der Waals surface area (Å²) in [4.78, 5) is 2.50. The number of morpholine rings is 1. The van der Waals surface area contributed by atoms with Crippen molar-refractivity contribution < 1.29 is 9.13 Å². The highest BCUT2D eigenvalue weighted by Crippen LogP contribution is 2.29. The molecule has 0 spiro atoms. The second-order valence-electron chi connectivity index (χ2n) is 5.35. The van der Waals surface area contributed by atoms with Gasteiger partial charge in [-0.25, -0.2) is 4.39 Å². The van der Waals surface area contributed by atoms with E-state index in [-0.39, 0.29) is 5.82 Å². The van der Waals surface area contributed by atoms with Crippen LogP contribution in [-0.4, -0.2) is 43.3 Å². The summed E-state index contributed by atoms with van der Waals surface area (Å²) < 4.78 is 19.3. The molecule has 0 amide bonds. The van der Waals surface area contributed by atoms with Crippen LogP contribution in [0.15, 0.2) is 24.3 Å². The molecule has 104 valence electrons. The number of fused-ring (bicyclic) bond motifs is 1. The topological polar surface area (TPSA) is 24.5 Å². The van der Waals surface area contributed by atoms with Gasteiger partial charge in [-0.15, -0.1) is 0 Å². The monoisotopic (exact) mass is 264 g/mol. The van der Waals surface area contributed by atoms with Crippen LogP contribution in [0, 0.1) is 5.82 Å². The molecule has 1 N–H and O–H groups in total. The first-order chi connectivity index (χ1) is 9.34. The highest BCUT2D eigenvalue weighted by molar-refractivity contribution is 5.44. The fraction of sp³-hybridized carbons (Fsp3) is 0.600. The summed E-state index contributed by atoms with van der Waals surface area (Å²) in [6, 6.07) is 7.42. The number of hydrogen-bond donors (Lipinski definition) is 1. The van der Waals surface area contributed by atoms with Crippen molar-refractivity contribution in [1.29, 1.82) is 0 Å². The first-order valence-corrected chi connectivity index (χ1v) is 7.18. The second kappa shape index (κ2) is 5.88. The number of anilines is 1. The molecule has 1 aliphatic heterocycles. The van der Waals surface area contributed by atoms with Crippen molar-refractivity contribution in [2.24, 2.45) is 0 Å². The van der Waals surface area contributed by atoms with Gasteiger partial charge in [0, 0.05) is 25.7 Å². The minimum atomic E-state index is -0.178. The van der Waals surface area contributed by atoms with E-state index >= 15 is 0 Å². The fourth-order valence-corrected chi connectivity index (χ4v) is 3.22. The van der Waals surface area contributed by atoms with Crippen LogP contribution in [0.3, 0.4) is 0 Å². The third-order valence-corrected chi connectivity index (χ3v) is 4.19. The number of hydrogen-bond acceptors (Lipinski definition) is 3. The van der Waals surface area contributed by atoms with Gasteiger partial charge in [-0.3, -0.25) is 4.90 Å². The van der Waals surface area contributed by atoms with Crippen LogP contribution in [-0.2, 0) is 4.74 Å². The largest absolute Gasteiger partial charge is 0.381 e. The number of nitrogens with zero attached hydrogens (tertiary/aromatic N) is 1. The zero-order valence-corrected chi connectivity index (χ0v) is 11.1. The van der Waals surface area contributed by atoms with E-state index in [2.05, 4.69) is 10.2 Å². The molecule has 1 saturated carbocycles. The zero-order valence-electron chi connectivity index (χ0n) is 11.1. The van der Waals surface area contributed by atoms with Crippen LogP contribution in [0.25, 0.3) is 0 Å². The third kappa shape index (κ3) is 2.90. The van der Waals surface area contributed by atoms with Crippen molar-refractivity contribution in [1.82, 2.24) is 4.90 Å². The summed E-state index contributed by atoms with van der Waals surface area (Å²) in [6.45, 7) is 3.57. The Balaban J connectivity index is 1.51. The smallest absolute Gasteiger partial charge is 0.146 e. The Labute approximate surface area is 113 Å². The van der Waals surface area contributed by atoms with Gasteiger partial charge >= 0.3 is 0 Å². The molecule has 2 fully saturated rings. The minimum absolute atomic E-state index is 0.178. The van der Waals surface area contributed by atoms with E-state index < -0.39 is 0 Å². The van der Waals surface area contributed by atoms with Crippen molar-refractivity contribution >= 4 is 5.69 Å². The van der Waals surface area contributed by atoms with Crippen LogP contribution in [0.5, 0.6) is 0 Å². The average molecular weight is 264 g/mol. The zero-order chi connectivity index (χ0) is 13.1. The van der Waals surface area contributed by atoms with Crippen LogP contribution in [0.2, 0.25) is 0 Å². The Hall–Kier alpha value is -1.13. The molecule has 1 aromatic rings. The molecule has 1 saturated heterocycles. The molecule has 1 aliphatic carbocycles. The number of benzene rings is 1. The first-order valence-electron chi connectivity index (χ1n) is 7.18. The number of halogens is 1. The van der Waals surface area contributed by atoms with Gasteiger partial charge in [0.05, 0.1) is 18.4 Å². The molecule has 0 bridgehead atoms. The van der Waals surface area contributed by atoms with E-state index in [1.807, 2.05) is 6.07 Å². The SMILES string of the molecule is Fc1ccccc1NCCN1CCOC2CCCC21. The van der Waals surface area contributed by atoms with Crippen LogP contribution in [0.4, 0.5) is 10.1 Å². The van der Waals surface area contributed by atoms with Crippen LogP contribution in [0.1, 0.15) is 19.3 Å². The van der Waals surface area contributed by atoms with Crippen molar-refractivity contribution in [3.8, 4) is 0 Å². The molecule has 3 nitrogen and oxygen atoms in total. The lowest BCUT2D eigenvalue weighted by Gasteiger charge is -2.37. The van der Waals surface area contributed by atoms with Gasteiger partial charge in [0.1, 0.15) is 5.82 Å². The normalized spacial score (nSPS) is 27.2. The Bertz CT molecular complexity index is 426. The third-order valence-electron chi connectivity index (χ3n) is 4.19. The molecule has 2 atom stereocenters. The van der Waals surface area contributed by atoms with Gasteiger partial charge in [0.15, 0.2) is 0 Å². The predicted octanol–water partition coefficient (Wildman–Crippen LogP) is 2.49. The van der Waals surface area contributed by atoms with Gasteiger partial charge in [-0.2, -0.15) is 0 Å². The van der Waals surface area contributed by atoms with Gasteiger partial charge < -0.3 is 10.1 Å². The lowest BCUT2D eigenvalue weighted by molar-refractivity contribution is -0.0539. The maximum absolute atomic E-state index is 13.5. The lowest BCUT2D eigenvalue weighted by Crippen LogP contribution is -2.49. The van der Waals surface area contributed by atoms with Gasteiger partial charge in [0.25, 0.3) is 0 Å². The molecule has 0 aromatic heterocycles. The van der Waals surface area contributed by atoms with E-state index in [1.165, 1.54) is 25.3 Å². The number of nitrogens with one attached hydrogen (secondary N) is 1. The molecule has 2 aliphatic rings. The molecule has 3 rings (SSSR count). The lowest BCUT2D eigenvalue weighted by atomic mass is 10.1. The second-order valence-corrected chi connectivity index (χ2v) is 5.35. The highest BCUT2D eigenvalue weighted by Gasteiger charge is 2.35. The van der Waals surface area contributed by atoms with Gasteiger partial charge in [0.2, 0.25) is 0 Å². The quantitative estimate of drug-likeness (QED) is 0.904. The Morgan fingerprint density at radius 2 is 2.21 bits per heavy atom. The average Bonchev–Trinajstić information content (AvgIpc) is 2.90. The summed E-state index contributed by atoms with van der Waals surface area (Å²) in [7, 11) is 0. The molecular formula is C15H21FN2O. The standard InChI is InChI=1S/C15H21FN2O/c16-12-4-1-2-5-13(12)17-8-9-18-10-11-19-15-7-3-6-14(15)18/h1-2,4-5,14-15,17H,3,6-11H2. The number of rotatable bonds is 4. The van der Waals surface area contributed by atoms with Crippen molar-refractivity contribution in [3.63, 3.8) is 0 Å². The molecule has 1 heterocycles. The summed E-state index contributed by atoms with van der Waals surface area (Å²) >= 11 is 0. The summed E-state index contributed by atoms with van der Waals surface area (Å²) in [5.41, 5.74) is 0.596. The summed E-state index contributed by atoms with van der Waals surface area (Å²) in [5, 5.41) is 3.18. The Morgan fingerprint density at radius 1 is 1.32 bits per heavy atom. The molecule has 0 radical (unpaired) electrons. The molecule has 19 heavy (non-hydrogen) atoms. The van der Waals surface area contributed by atoms with E-state index in [1.54, 1.807) is 12.1 Å². The molecular weight excluding hydrogens is 243 g/mol. The Kier molecular flexibility index (Phi) is 3.99. The summed E-state index contributed by atoms with van der Waals surface area (Å²) in [6.07, 6.45) is 4.14. The van der Waals surface area contributed by atoms with Gasteiger partial charge in [-0.05, 0) is 31.4 Å². The van der Waals surface area contributed by atoms with E-state index in [0.29, 0.717) is 17.8 Å². The van der Waals surface area contributed by atoms with E-state index in [9.17, 15) is 4.39 Å². The van der Waals surface area contributed by atoms with Crippen molar-refractivity contribution in [2.75, 3.05) is 31.6 Å². The Morgan fingerprint density at radius 3 is 3.11 bits per heavy atom. The van der Waals surface area contributed by atoms with Crippen LogP contribution < -0.4 is 5.32 Å². The first kappa shape index (κ1) is 12.9. The molecule has 1 aromatic carbocycles. The van der Waals surface area contributed by atoms with Crippen molar-refractivity contribution in [2.45, 2.75) is 31.4 Å². The van der Waals surface area contributed by atoms with Crippen LogP contribution >= 0.6 is 0 Å². The molecule has 4 heteroatoms. The number of ether oxygens (including phenoxy) is 1. The van der Waals surface area contributed by atoms with Crippen molar-refractivity contribution in [3.05, 3.63) is 30.1 Å². The summed E-state index contributed by atoms with van der Waals surface area (Å²) in [5.74, 6) is -0.178. The van der Waals surface area contributed by atoms with Gasteiger partial charge in [-0.1, -0.05) is 12.1 Å². The molecule has 2 unspecified atom stereocenters.